The molecule has 1 aromatic carbocycles. The van der Waals surface area contributed by atoms with E-state index in [2.05, 4.69) is 15.8 Å². The standard InChI is InChI=1S/C12H10ClN3S2/c13-9-3-5-10(6-4-9)15-12(17)16-14-8-11-2-1-7-18-11/h1-8H,(H2,15,16,17)/b14-8+. The van der Waals surface area contributed by atoms with E-state index in [1.54, 1.807) is 29.7 Å². The zero-order chi connectivity index (χ0) is 12.8. The van der Waals surface area contributed by atoms with Gasteiger partial charge < -0.3 is 5.32 Å². The molecular formula is C12H10ClN3S2. The van der Waals surface area contributed by atoms with Crippen molar-refractivity contribution in [2.24, 2.45) is 5.10 Å². The van der Waals surface area contributed by atoms with E-state index < -0.39 is 0 Å². The number of hydrazone groups is 1. The van der Waals surface area contributed by atoms with E-state index in [1.807, 2.05) is 29.6 Å². The molecule has 92 valence electrons. The summed E-state index contributed by atoms with van der Waals surface area (Å²) in [5.41, 5.74) is 3.61. The third-order valence-corrected chi connectivity index (χ3v) is 3.26. The number of hydrogen-bond donors (Lipinski definition) is 2. The van der Waals surface area contributed by atoms with Crippen molar-refractivity contribution in [3.63, 3.8) is 0 Å². The quantitative estimate of drug-likeness (QED) is 0.515. The van der Waals surface area contributed by atoms with E-state index in [9.17, 15) is 0 Å². The van der Waals surface area contributed by atoms with Crippen molar-refractivity contribution in [3.05, 3.63) is 51.7 Å². The first-order valence-electron chi connectivity index (χ1n) is 5.13. The lowest BCUT2D eigenvalue weighted by Crippen LogP contribution is -2.23. The summed E-state index contributed by atoms with van der Waals surface area (Å²) in [6.07, 6.45) is 1.72. The van der Waals surface area contributed by atoms with E-state index >= 15 is 0 Å². The molecule has 0 fully saturated rings. The van der Waals surface area contributed by atoms with Crippen LogP contribution in [-0.4, -0.2) is 11.3 Å². The second kappa shape index (κ2) is 6.49. The molecule has 1 aromatic heterocycles. The number of thiocarbonyl (C=S) groups is 1. The maximum absolute atomic E-state index is 5.79. The van der Waals surface area contributed by atoms with Gasteiger partial charge >= 0.3 is 0 Å². The monoisotopic (exact) mass is 295 g/mol. The fourth-order valence-electron chi connectivity index (χ4n) is 1.21. The average Bonchev–Trinajstić information content (AvgIpc) is 2.85. The molecule has 0 radical (unpaired) electrons. The van der Waals surface area contributed by atoms with Crippen LogP contribution in [0, 0.1) is 0 Å². The van der Waals surface area contributed by atoms with Crippen LogP contribution >= 0.6 is 35.2 Å². The van der Waals surface area contributed by atoms with Gasteiger partial charge in [-0.05, 0) is 47.9 Å². The molecule has 2 N–H and O–H groups in total. The maximum atomic E-state index is 5.79. The Bertz CT molecular complexity index is 535. The molecule has 0 aliphatic rings. The molecule has 0 saturated heterocycles. The Hall–Kier alpha value is -1.43. The van der Waals surface area contributed by atoms with Gasteiger partial charge in [-0.25, -0.2) is 0 Å². The van der Waals surface area contributed by atoms with E-state index in [1.165, 1.54) is 0 Å². The fraction of sp³-hybridized carbons (Fsp3) is 0. The van der Waals surface area contributed by atoms with Gasteiger partial charge in [0.25, 0.3) is 0 Å². The molecule has 2 aromatic rings. The molecule has 0 bridgehead atoms. The van der Waals surface area contributed by atoms with Crippen LogP contribution in [0.5, 0.6) is 0 Å². The van der Waals surface area contributed by atoms with Crippen molar-refractivity contribution in [3.8, 4) is 0 Å². The smallest absolute Gasteiger partial charge is 0.191 e. The molecule has 6 heteroatoms. The summed E-state index contributed by atoms with van der Waals surface area (Å²) in [6, 6.07) is 11.2. The number of nitrogens with zero attached hydrogens (tertiary/aromatic N) is 1. The minimum absolute atomic E-state index is 0.435. The first-order valence-corrected chi connectivity index (χ1v) is 6.80. The number of hydrogen-bond acceptors (Lipinski definition) is 3. The Morgan fingerprint density at radius 1 is 1.28 bits per heavy atom. The number of anilines is 1. The summed E-state index contributed by atoms with van der Waals surface area (Å²) < 4.78 is 0. The zero-order valence-corrected chi connectivity index (χ0v) is 11.6. The molecule has 18 heavy (non-hydrogen) atoms. The molecule has 0 unspecified atom stereocenters. The van der Waals surface area contributed by atoms with Gasteiger partial charge in [-0.3, -0.25) is 5.43 Å². The molecular weight excluding hydrogens is 286 g/mol. The number of rotatable bonds is 3. The number of halogens is 1. The van der Waals surface area contributed by atoms with Crippen molar-refractivity contribution in [2.75, 3.05) is 5.32 Å². The number of nitrogens with one attached hydrogen (secondary N) is 2. The van der Waals surface area contributed by atoms with Crippen LogP contribution in [0.3, 0.4) is 0 Å². The van der Waals surface area contributed by atoms with Gasteiger partial charge in [-0.2, -0.15) is 5.10 Å². The molecule has 0 atom stereocenters. The first-order chi connectivity index (χ1) is 8.74. The Morgan fingerprint density at radius 3 is 2.72 bits per heavy atom. The predicted octanol–water partition coefficient (Wildman–Crippen LogP) is 3.72. The summed E-state index contributed by atoms with van der Waals surface area (Å²) in [5.74, 6) is 0. The first kappa shape index (κ1) is 13.0. The van der Waals surface area contributed by atoms with Gasteiger partial charge in [0.1, 0.15) is 0 Å². The Kier molecular flexibility index (Phi) is 4.69. The molecule has 0 aliphatic carbocycles. The Labute approximate surface area is 119 Å². The van der Waals surface area contributed by atoms with Crippen molar-refractivity contribution >= 4 is 52.2 Å². The highest BCUT2D eigenvalue weighted by Crippen LogP contribution is 2.13. The lowest BCUT2D eigenvalue weighted by molar-refractivity contribution is 1.05. The van der Waals surface area contributed by atoms with Gasteiger partial charge in [-0.1, -0.05) is 17.7 Å². The lowest BCUT2D eigenvalue weighted by Gasteiger charge is -2.06. The van der Waals surface area contributed by atoms with E-state index in [0.717, 1.165) is 10.6 Å². The van der Waals surface area contributed by atoms with Gasteiger partial charge in [0.15, 0.2) is 5.11 Å². The second-order valence-electron chi connectivity index (χ2n) is 3.35. The highest BCUT2D eigenvalue weighted by Gasteiger charge is 1.95. The Morgan fingerprint density at radius 2 is 2.06 bits per heavy atom. The van der Waals surface area contributed by atoms with Gasteiger partial charge in [0.2, 0.25) is 0 Å². The summed E-state index contributed by atoms with van der Waals surface area (Å²) >= 11 is 12.5. The van der Waals surface area contributed by atoms with Crippen LogP contribution in [0.1, 0.15) is 4.88 Å². The van der Waals surface area contributed by atoms with Gasteiger partial charge in [0, 0.05) is 15.6 Å². The summed E-state index contributed by atoms with van der Waals surface area (Å²) in [4.78, 5) is 1.07. The van der Waals surface area contributed by atoms with E-state index in [4.69, 9.17) is 23.8 Å². The van der Waals surface area contributed by atoms with Crippen molar-refractivity contribution in [2.45, 2.75) is 0 Å². The summed E-state index contributed by atoms with van der Waals surface area (Å²) in [5, 5.41) is 10.2. The SMILES string of the molecule is S=C(N/N=C/c1cccs1)Nc1ccc(Cl)cc1. The maximum Gasteiger partial charge on any atom is 0.191 e. The molecule has 2 rings (SSSR count). The third-order valence-electron chi connectivity index (χ3n) is 2.00. The highest BCUT2D eigenvalue weighted by molar-refractivity contribution is 7.80. The number of benzene rings is 1. The van der Waals surface area contributed by atoms with Crippen molar-refractivity contribution in [1.29, 1.82) is 0 Å². The van der Waals surface area contributed by atoms with Crippen LogP contribution in [-0.2, 0) is 0 Å². The van der Waals surface area contributed by atoms with Crippen molar-refractivity contribution < 1.29 is 0 Å². The molecule has 0 aliphatic heterocycles. The predicted molar refractivity (Wildman–Crippen MR) is 82.7 cm³/mol. The summed E-state index contributed by atoms with van der Waals surface area (Å²) in [6.45, 7) is 0. The topological polar surface area (TPSA) is 36.4 Å². The lowest BCUT2D eigenvalue weighted by atomic mass is 10.3. The minimum Gasteiger partial charge on any atom is -0.331 e. The summed E-state index contributed by atoms with van der Waals surface area (Å²) in [7, 11) is 0. The van der Waals surface area contributed by atoms with Crippen LogP contribution < -0.4 is 10.7 Å². The minimum atomic E-state index is 0.435. The van der Waals surface area contributed by atoms with Crippen LogP contribution in [0.25, 0.3) is 0 Å². The average molecular weight is 296 g/mol. The second-order valence-corrected chi connectivity index (χ2v) is 5.17. The normalized spacial score (nSPS) is 10.5. The largest absolute Gasteiger partial charge is 0.331 e. The molecule has 1 heterocycles. The van der Waals surface area contributed by atoms with Crippen LogP contribution in [0.15, 0.2) is 46.9 Å². The van der Waals surface area contributed by atoms with Crippen LogP contribution in [0.4, 0.5) is 5.69 Å². The van der Waals surface area contributed by atoms with Crippen molar-refractivity contribution in [1.82, 2.24) is 5.43 Å². The van der Waals surface area contributed by atoms with Crippen LogP contribution in [0.2, 0.25) is 5.02 Å². The molecule has 3 nitrogen and oxygen atoms in total. The molecule has 0 amide bonds. The number of thiophene rings is 1. The fourth-order valence-corrected chi connectivity index (χ4v) is 2.09. The molecule has 0 spiro atoms. The third kappa shape index (κ3) is 4.10. The van der Waals surface area contributed by atoms with E-state index in [-0.39, 0.29) is 0 Å². The van der Waals surface area contributed by atoms with Gasteiger partial charge in [0.05, 0.1) is 6.21 Å². The zero-order valence-electron chi connectivity index (χ0n) is 9.26. The Balaban J connectivity index is 1.84. The van der Waals surface area contributed by atoms with Gasteiger partial charge in [-0.15, -0.1) is 11.3 Å². The molecule has 0 saturated carbocycles. The highest BCUT2D eigenvalue weighted by atomic mass is 35.5. The van der Waals surface area contributed by atoms with E-state index in [0.29, 0.717) is 10.1 Å².